The Morgan fingerprint density at radius 3 is 2.62 bits per heavy atom. The standard InChI is InChI=1S/C15H13N3O3/c1-10-7-13(21-2)4-5-14(10)17-12-3-6-15(18(19)20)11(8-12)9-16/h3-8,17H,1-2H3. The van der Waals surface area contributed by atoms with Gasteiger partial charge in [-0.05, 0) is 42.8 Å². The number of anilines is 2. The minimum Gasteiger partial charge on any atom is -0.497 e. The number of hydrogen-bond acceptors (Lipinski definition) is 5. The van der Waals surface area contributed by atoms with Gasteiger partial charge in [0.05, 0.1) is 12.0 Å². The summed E-state index contributed by atoms with van der Waals surface area (Å²) in [5.74, 6) is 0.750. The molecule has 0 spiro atoms. The third-order valence-electron chi connectivity index (χ3n) is 3.03. The maximum absolute atomic E-state index is 10.8. The van der Waals surface area contributed by atoms with Crippen LogP contribution in [0.3, 0.4) is 0 Å². The average molecular weight is 283 g/mol. The normalized spacial score (nSPS) is 9.76. The summed E-state index contributed by atoms with van der Waals surface area (Å²) in [5, 5.41) is 22.9. The summed E-state index contributed by atoms with van der Waals surface area (Å²) in [4.78, 5) is 10.2. The molecule has 0 aliphatic heterocycles. The van der Waals surface area contributed by atoms with E-state index in [-0.39, 0.29) is 11.3 Å². The number of benzene rings is 2. The zero-order valence-electron chi connectivity index (χ0n) is 11.6. The molecule has 0 radical (unpaired) electrons. The zero-order valence-corrected chi connectivity index (χ0v) is 11.6. The van der Waals surface area contributed by atoms with Crippen molar-refractivity contribution < 1.29 is 9.66 Å². The molecule has 0 heterocycles. The number of methoxy groups -OCH3 is 1. The van der Waals surface area contributed by atoms with Crippen molar-refractivity contribution in [3.8, 4) is 11.8 Å². The van der Waals surface area contributed by atoms with E-state index in [4.69, 9.17) is 10.00 Å². The Bertz CT molecular complexity index is 735. The van der Waals surface area contributed by atoms with E-state index in [0.717, 1.165) is 17.0 Å². The average Bonchev–Trinajstić information content (AvgIpc) is 2.48. The number of nitro benzene ring substituents is 1. The number of nitrogens with zero attached hydrogens (tertiary/aromatic N) is 2. The number of nitrogens with one attached hydrogen (secondary N) is 1. The highest BCUT2D eigenvalue weighted by atomic mass is 16.6. The van der Waals surface area contributed by atoms with E-state index in [2.05, 4.69) is 5.32 Å². The van der Waals surface area contributed by atoms with Gasteiger partial charge in [0.15, 0.2) is 0 Å². The Hall–Kier alpha value is -3.07. The van der Waals surface area contributed by atoms with Crippen LogP contribution in [0.1, 0.15) is 11.1 Å². The second-order valence-electron chi connectivity index (χ2n) is 4.41. The summed E-state index contributed by atoms with van der Waals surface area (Å²) in [6, 6.07) is 11.7. The summed E-state index contributed by atoms with van der Waals surface area (Å²) >= 11 is 0. The maximum Gasteiger partial charge on any atom is 0.287 e. The molecular weight excluding hydrogens is 270 g/mol. The lowest BCUT2D eigenvalue weighted by atomic mass is 10.1. The Morgan fingerprint density at radius 1 is 1.29 bits per heavy atom. The van der Waals surface area contributed by atoms with Crippen molar-refractivity contribution in [3.63, 3.8) is 0 Å². The molecule has 0 unspecified atom stereocenters. The molecule has 6 nitrogen and oxygen atoms in total. The minimum absolute atomic E-state index is 0.0242. The summed E-state index contributed by atoms with van der Waals surface area (Å²) in [6.45, 7) is 1.92. The number of nitro groups is 1. The van der Waals surface area contributed by atoms with Gasteiger partial charge in [-0.25, -0.2) is 0 Å². The third kappa shape index (κ3) is 3.09. The molecule has 0 aliphatic carbocycles. The van der Waals surface area contributed by atoms with Crippen LogP contribution in [0.4, 0.5) is 17.1 Å². The number of ether oxygens (including phenoxy) is 1. The second kappa shape index (κ2) is 5.92. The molecule has 1 N–H and O–H groups in total. The van der Waals surface area contributed by atoms with Crippen LogP contribution < -0.4 is 10.1 Å². The maximum atomic E-state index is 10.8. The van der Waals surface area contributed by atoms with Crippen LogP contribution in [0, 0.1) is 28.4 Å². The molecular formula is C15H13N3O3. The highest BCUT2D eigenvalue weighted by Crippen LogP contribution is 2.27. The SMILES string of the molecule is COc1ccc(Nc2ccc([N+](=O)[O-])c(C#N)c2)c(C)c1. The van der Waals surface area contributed by atoms with Crippen LogP contribution >= 0.6 is 0 Å². The van der Waals surface area contributed by atoms with Gasteiger partial charge in [-0.1, -0.05) is 0 Å². The fourth-order valence-electron chi connectivity index (χ4n) is 1.92. The molecule has 0 bridgehead atoms. The Morgan fingerprint density at radius 2 is 2.05 bits per heavy atom. The Labute approximate surface area is 121 Å². The van der Waals surface area contributed by atoms with Crippen molar-refractivity contribution in [3.05, 3.63) is 57.6 Å². The van der Waals surface area contributed by atoms with Crippen LogP contribution in [0.2, 0.25) is 0 Å². The molecule has 0 saturated carbocycles. The van der Waals surface area contributed by atoms with E-state index in [1.54, 1.807) is 13.2 Å². The fraction of sp³-hybridized carbons (Fsp3) is 0.133. The van der Waals surface area contributed by atoms with Gasteiger partial charge in [-0.15, -0.1) is 0 Å². The number of nitriles is 1. The predicted molar refractivity (Wildman–Crippen MR) is 78.8 cm³/mol. The van der Waals surface area contributed by atoms with Crippen molar-refractivity contribution in [1.82, 2.24) is 0 Å². The predicted octanol–water partition coefficient (Wildman–Crippen LogP) is 3.53. The molecule has 21 heavy (non-hydrogen) atoms. The zero-order chi connectivity index (χ0) is 15.4. The number of aryl methyl sites for hydroxylation is 1. The highest BCUT2D eigenvalue weighted by Gasteiger charge is 2.14. The molecule has 106 valence electrons. The fourth-order valence-corrected chi connectivity index (χ4v) is 1.92. The molecule has 6 heteroatoms. The number of hydrogen-bond donors (Lipinski definition) is 1. The lowest BCUT2D eigenvalue weighted by Crippen LogP contribution is -1.97. The first kappa shape index (κ1) is 14.3. The first-order chi connectivity index (χ1) is 10.0. The summed E-state index contributed by atoms with van der Waals surface area (Å²) in [5.41, 5.74) is 2.25. The van der Waals surface area contributed by atoms with Crippen LogP contribution in [0.5, 0.6) is 5.75 Å². The van der Waals surface area contributed by atoms with Crippen LogP contribution in [-0.4, -0.2) is 12.0 Å². The highest BCUT2D eigenvalue weighted by molar-refractivity contribution is 5.67. The first-order valence-corrected chi connectivity index (χ1v) is 6.15. The van der Waals surface area contributed by atoms with Gasteiger partial charge in [0, 0.05) is 17.4 Å². The minimum atomic E-state index is -0.568. The van der Waals surface area contributed by atoms with Crippen LogP contribution in [0.25, 0.3) is 0 Å². The van der Waals surface area contributed by atoms with Crippen LogP contribution in [-0.2, 0) is 0 Å². The van der Waals surface area contributed by atoms with E-state index < -0.39 is 4.92 Å². The Kier molecular flexibility index (Phi) is 4.05. The monoisotopic (exact) mass is 283 g/mol. The summed E-state index contributed by atoms with van der Waals surface area (Å²) in [7, 11) is 1.59. The van der Waals surface area contributed by atoms with Gasteiger partial charge in [-0.2, -0.15) is 5.26 Å². The van der Waals surface area contributed by atoms with Crippen molar-refractivity contribution in [2.45, 2.75) is 6.92 Å². The molecule has 0 saturated heterocycles. The van der Waals surface area contributed by atoms with E-state index in [1.807, 2.05) is 31.2 Å². The Balaban J connectivity index is 2.32. The van der Waals surface area contributed by atoms with Crippen molar-refractivity contribution >= 4 is 17.1 Å². The van der Waals surface area contributed by atoms with Gasteiger partial charge in [0.2, 0.25) is 0 Å². The molecule has 2 rings (SSSR count). The van der Waals surface area contributed by atoms with Gasteiger partial charge in [0.25, 0.3) is 5.69 Å². The van der Waals surface area contributed by atoms with Crippen molar-refractivity contribution in [2.75, 3.05) is 12.4 Å². The smallest absolute Gasteiger partial charge is 0.287 e. The third-order valence-corrected chi connectivity index (χ3v) is 3.03. The summed E-state index contributed by atoms with van der Waals surface area (Å²) < 4.78 is 5.13. The largest absolute Gasteiger partial charge is 0.497 e. The number of rotatable bonds is 4. The molecule has 0 aromatic heterocycles. The van der Waals surface area contributed by atoms with Gasteiger partial charge in [-0.3, -0.25) is 10.1 Å². The molecule has 2 aromatic carbocycles. The van der Waals surface area contributed by atoms with E-state index in [1.165, 1.54) is 12.1 Å². The molecule has 0 amide bonds. The van der Waals surface area contributed by atoms with E-state index in [0.29, 0.717) is 5.69 Å². The van der Waals surface area contributed by atoms with E-state index in [9.17, 15) is 10.1 Å². The lowest BCUT2D eigenvalue weighted by molar-refractivity contribution is -0.385. The molecule has 2 aromatic rings. The van der Waals surface area contributed by atoms with Crippen molar-refractivity contribution in [2.24, 2.45) is 0 Å². The lowest BCUT2D eigenvalue weighted by Gasteiger charge is -2.11. The topological polar surface area (TPSA) is 88.2 Å². The quantitative estimate of drug-likeness (QED) is 0.685. The summed E-state index contributed by atoms with van der Waals surface area (Å²) in [6.07, 6.45) is 0. The van der Waals surface area contributed by atoms with Crippen molar-refractivity contribution in [1.29, 1.82) is 5.26 Å². The molecule has 0 aliphatic rings. The van der Waals surface area contributed by atoms with Gasteiger partial charge < -0.3 is 10.1 Å². The van der Waals surface area contributed by atoms with Crippen LogP contribution in [0.15, 0.2) is 36.4 Å². The molecule has 0 atom stereocenters. The second-order valence-corrected chi connectivity index (χ2v) is 4.41. The van der Waals surface area contributed by atoms with Gasteiger partial charge in [0.1, 0.15) is 17.4 Å². The van der Waals surface area contributed by atoms with E-state index >= 15 is 0 Å². The van der Waals surface area contributed by atoms with Gasteiger partial charge >= 0.3 is 0 Å². The molecule has 0 fully saturated rings. The first-order valence-electron chi connectivity index (χ1n) is 6.15.